The van der Waals surface area contributed by atoms with Gasteiger partial charge in [0.2, 0.25) is 12.7 Å². The monoisotopic (exact) mass is 464 g/mol. The van der Waals surface area contributed by atoms with Crippen LogP contribution < -0.4 is 19.7 Å². The molecule has 0 radical (unpaired) electrons. The number of H-pyrrole nitrogens is 1. The normalized spacial score (nSPS) is 15.8. The highest BCUT2D eigenvalue weighted by Crippen LogP contribution is 2.34. The lowest BCUT2D eigenvalue weighted by molar-refractivity contribution is 0.174. The molecular weight excluding hydrogens is 444 g/mol. The molecule has 2 aliphatic heterocycles. The van der Waals surface area contributed by atoms with Gasteiger partial charge in [0, 0.05) is 36.0 Å². The number of hydrogen-bond acceptors (Lipinski definition) is 9. The van der Waals surface area contributed by atoms with Crippen LogP contribution in [0.25, 0.3) is 10.9 Å². The van der Waals surface area contributed by atoms with Crippen LogP contribution in [0.4, 0.5) is 11.8 Å². The zero-order valence-electron chi connectivity index (χ0n) is 17.7. The molecule has 0 bridgehead atoms. The van der Waals surface area contributed by atoms with E-state index in [-0.39, 0.29) is 6.79 Å². The molecule has 0 unspecified atom stereocenters. The molecule has 4 heterocycles. The fraction of sp³-hybridized carbons (Fsp3) is 0.318. The number of fused-ring (bicyclic) bond motifs is 2. The molecular formula is C22H21ClN8O2. The average Bonchev–Trinajstić information content (AvgIpc) is 3.54. The number of nitrogens with zero attached hydrogens (tertiary/aromatic N) is 6. The van der Waals surface area contributed by atoms with Crippen LogP contribution in [0.1, 0.15) is 30.1 Å². The van der Waals surface area contributed by atoms with Gasteiger partial charge in [-0.25, -0.2) is 4.98 Å². The second kappa shape index (κ2) is 8.36. The first-order valence-corrected chi connectivity index (χ1v) is 11.2. The molecule has 0 spiro atoms. The van der Waals surface area contributed by atoms with Crippen molar-refractivity contribution in [1.29, 1.82) is 0 Å². The summed E-state index contributed by atoms with van der Waals surface area (Å²) < 4.78 is 10.9. The molecule has 10 nitrogen and oxygen atoms in total. The number of anilines is 2. The minimum Gasteiger partial charge on any atom is -0.454 e. The Kier molecular flexibility index (Phi) is 5.06. The van der Waals surface area contributed by atoms with E-state index in [2.05, 4.69) is 30.8 Å². The molecule has 168 valence electrons. The summed E-state index contributed by atoms with van der Waals surface area (Å²) in [5.41, 5.74) is 1.91. The maximum absolute atomic E-state index is 6.28. The van der Waals surface area contributed by atoms with Crippen LogP contribution >= 0.6 is 11.6 Å². The minimum atomic E-state index is 0.258. The van der Waals surface area contributed by atoms with E-state index in [0.29, 0.717) is 23.4 Å². The van der Waals surface area contributed by atoms with Gasteiger partial charge in [0.25, 0.3) is 0 Å². The number of tetrazole rings is 1. The van der Waals surface area contributed by atoms with Gasteiger partial charge in [0.15, 0.2) is 17.3 Å². The molecule has 2 aromatic heterocycles. The third-order valence-electron chi connectivity index (χ3n) is 6.05. The highest BCUT2D eigenvalue weighted by molar-refractivity contribution is 6.31. The third kappa shape index (κ3) is 3.97. The van der Waals surface area contributed by atoms with E-state index in [0.717, 1.165) is 65.5 Å². The Morgan fingerprint density at radius 1 is 1.06 bits per heavy atom. The molecule has 11 heteroatoms. The zero-order valence-corrected chi connectivity index (χ0v) is 18.4. The van der Waals surface area contributed by atoms with Crippen LogP contribution in [-0.2, 0) is 6.54 Å². The van der Waals surface area contributed by atoms with Gasteiger partial charge in [0.1, 0.15) is 5.82 Å². The SMILES string of the molecule is Clc1ccc2nc(N3CCC(c4nn[nH]n4)CC3)nc(NCc3ccc4c(c3)OCO4)c2c1. The Balaban J connectivity index is 1.25. The van der Waals surface area contributed by atoms with Crippen molar-refractivity contribution >= 4 is 34.3 Å². The second-order valence-electron chi connectivity index (χ2n) is 8.11. The minimum absolute atomic E-state index is 0.258. The van der Waals surface area contributed by atoms with E-state index in [9.17, 15) is 0 Å². The lowest BCUT2D eigenvalue weighted by Crippen LogP contribution is -2.34. The third-order valence-corrected chi connectivity index (χ3v) is 6.28. The van der Waals surface area contributed by atoms with Crippen LogP contribution in [0, 0.1) is 0 Å². The van der Waals surface area contributed by atoms with Crippen molar-refractivity contribution in [1.82, 2.24) is 30.6 Å². The lowest BCUT2D eigenvalue weighted by atomic mass is 9.96. The molecule has 4 aromatic rings. The Labute approximate surface area is 194 Å². The summed E-state index contributed by atoms with van der Waals surface area (Å²) in [6, 6.07) is 11.6. The van der Waals surface area contributed by atoms with Crippen molar-refractivity contribution in [3.8, 4) is 11.5 Å². The van der Waals surface area contributed by atoms with Crippen molar-refractivity contribution < 1.29 is 9.47 Å². The molecule has 0 saturated carbocycles. The highest BCUT2D eigenvalue weighted by Gasteiger charge is 2.25. The first-order chi connectivity index (χ1) is 16.2. The van der Waals surface area contributed by atoms with Gasteiger partial charge in [-0.05, 0) is 48.7 Å². The predicted octanol–water partition coefficient (Wildman–Crippen LogP) is 3.52. The van der Waals surface area contributed by atoms with Crippen LogP contribution in [-0.4, -0.2) is 50.5 Å². The van der Waals surface area contributed by atoms with Crippen molar-refractivity contribution in [3.63, 3.8) is 0 Å². The van der Waals surface area contributed by atoms with Gasteiger partial charge >= 0.3 is 0 Å². The number of aromatic nitrogens is 6. The summed E-state index contributed by atoms with van der Waals surface area (Å²) in [4.78, 5) is 11.9. The molecule has 1 fully saturated rings. The molecule has 2 aromatic carbocycles. The molecule has 0 amide bonds. The number of halogens is 1. The average molecular weight is 465 g/mol. The van der Waals surface area contributed by atoms with Crippen molar-refractivity contribution in [2.75, 3.05) is 30.1 Å². The summed E-state index contributed by atoms with van der Waals surface area (Å²) in [5.74, 6) is 4.04. The van der Waals surface area contributed by atoms with Gasteiger partial charge in [0.05, 0.1) is 5.52 Å². The maximum Gasteiger partial charge on any atom is 0.231 e. The molecule has 6 rings (SSSR count). The number of rotatable bonds is 5. The number of piperidine rings is 1. The number of hydrogen-bond donors (Lipinski definition) is 2. The molecule has 0 aliphatic carbocycles. The summed E-state index contributed by atoms with van der Waals surface area (Å²) in [5, 5.41) is 19.5. The highest BCUT2D eigenvalue weighted by atomic mass is 35.5. The number of ether oxygens (including phenoxy) is 2. The van der Waals surface area contributed by atoms with E-state index < -0.39 is 0 Å². The first kappa shape index (κ1) is 20.0. The van der Waals surface area contributed by atoms with Gasteiger partial charge in [-0.15, -0.1) is 10.2 Å². The lowest BCUT2D eigenvalue weighted by Gasteiger charge is -2.31. The van der Waals surface area contributed by atoms with Gasteiger partial charge in [-0.1, -0.05) is 22.9 Å². The Morgan fingerprint density at radius 3 is 2.79 bits per heavy atom. The summed E-state index contributed by atoms with van der Waals surface area (Å²) in [6.07, 6.45) is 1.84. The Hall–Kier alpha value is -3.66. The maximum atomic E-state index is 6.28. The van der Waals surface area contributed by atoms with Gasteiger partial charge in [-0.2, -0.15) is 10.2 Å². The smallest absolute Gasteiger partial charge is 0.231 e. The van der Waals surface area contributed by atoms with Crippen molar-refractivity contribution in [2.24, 2.45) is 0 Å². The number of aromatic amines is 1. The van der Waals surface area contributed by atoms with Gasteiger partial charge < -0.3 is 19.7 Å². The van der Waals surface area contributed by atoms with Crippen molar-refractivity contribution in [3.05, 3.63) is 52.8 Å². The van der Waals surface area contributed by atoms with E-state index in [1.807, 2.05) is 36.4 Å². The molecule has 33 heavy (non-hydrogen) atoms. The van der Waals surface area contributed by atoms with E-state index in [1.54, 1.807) is 0 Å². The summed E-state index contributed by atoms with van der Waals surface area (Å²) >= 11 is 6.28. The Morgan fingerprint density at radius 2 is 1.94 bits per heavy atom. The molecule has 2 N–H and O–H groups in total. The second-order valence-corrected chi connectivity index (χ2v) is 8.54. The van der Waals surface area contributed by atoms with E-state index in [1.165, 1.54) is 0 Å². The van der Waals surface area contributed by atoms with Crippen LogP contribution in [0.5, 0.6) is 11.5 Å². The fourth-order valence-corrected chi connectivity index (χ4v) is 4.45. The standard InChI is InChI=1S/C22H21ClN8O2/c23-15-2-3-17-16(10-15)21(24-11-13-1-4-18-19(9-13)33-12-32-18)26-22(25-17)31-7-5-14(6-8-31)20-27-29-30-28-20/h1-4,9-10,14H,5-8,11-12H2,(H,24,25,26)(H,27,28,29,30). The van der Waals surface area contributed by atoms with E-state index >= 15 is 0 Å². The fourth-order valence-electron chi connectivity index (χ4n) is 4.28. The van der Waals surface area contributed by atoms with Gasteiger partial charge in [-0.3, -0.25) is 0 Å². The van der Waals surface area contributed by atoms with E-state index in [4.69, 9.17) is 31.0 Å². The topological polar surface area (TPSA) is 114 Å². The molecule has 2 aliphatic rings. The number of benzene rings is 2. The van der Waals surface area contributed by atoms with Crippen molar-refractivity contribution in [2.45, 2.75) is 25.3 Å². The molecule has 1 saturated heterocycles. The largest absolute Gasteiger partial charge is 0.454 e. The van der Waals surface area contributed by atoms with Crippen LogP contribution in [0.2, 0.25) is 5.02 Å². The zero-order chi connectivity index (χ0) is 22.2. The quantitative estimate of drug-likeness (QED) is 0.457. The summed E-state index contributed by atoms with van der Waals surface area (Å²) in [7, 11) is 0. The predicted molar refractivity (Wildman–Crippen MR) is 123 cm³/mol. The molecule has 0 atom stereocenters. The first-order valence-electron chi connectivity index (χ1n) is 10.8. The van der Waals surface area contributed by atoms with Crippen LogP contribution in [0.3, 0.4) is 0 Å². The number of nitrogens with one attached hydrogen (secondary N) is 2. The Bertz CT molecular complexity index is 1290. The summed E-state index contributed by atoms with van der Waals surface area (Å²) in [6.45, 7) is 2.47. The van der Waals surface area contributed by atoms with Crippen LogP contribution in [0.15, 0.2) is 36.4 Å².